The van der Waals surface area contributed by atoms with Gasteiger partial charge in [-0.2, -0.15) is 10.4 Å². The highest BCUT2D eigenvalue weighted by Crippen LogP contribution is 2.36. The fourth-order valence-corrected chi connectivity index (χ4v) is 3.77. The summed E-state index contributed by atoms with van der Waals surface area (Å²) in [6.07, 6.45) is 0. The standard InChI is InChI=1S/C24H17Cl2N3O/c1-15-2-4-17(5-3-15)24(30)23-22(16-6-8-18(25)9-7-16)21(14-27)29(28-23)20-12-10-19(26)11-13-20/h2-13,21-22H,1H3. The highest BCUT2D eigenvalue weighted by atomic mass is 35.5. The van der Waals surface area contributed by atoms with Gasteiger partial charge in [0.25, 0.3) is 0 Å². The van der Waals surface area contributed by atoms with Crippen molar-refractivity contribution in [2.75, 3.05) is 5.01 Å². The molecule has 0 spiro atoms. The van der Waals surface area contributed by atoms with E-state index < -0.39 is 12.0 Å². The number of aryl methyl sites for hydroxylation is 1. The smallest absolute Gasteiger partial charge is 0.209 e. The lowest BCUT2D eigenvalue weighted by molar-refractivity contribution is 0.106. The lowest BCUT2D eigenvalue weighted by Crippen LogP contribution is -2.32. The molecule has 6 heteroatoms. The molecule has 0 saturated heterocycles. The van der Waals surface area contributed by atoms with Gasteiger partial charge in [0.1, 0.15) is 5.71 Å². The van der Waals surface area contributed by atoms with Crippen molar-refractivity contribution in [3.63, 3.8) is 0 Å². The Bertz CT molecular complexity index is 1150. The zero-order chi connectivity index (χ0) is 21.3. The Hall–Kier alpha value is -3.13. The summed E-state index contributed by atoms with van der Waals surface area (Å²) >= 11 is 12.1. The summed E-state index contributed by atoms with van der Waals surface area (Å²) in [7, 11) is 0. The Morgan fingerprint density at radius 1 is 0.933 bits per heavy atom. The molecule has 0 amide bonds. The van der Waals surface area contributed by atoms with Gasteiger partial charge in [0.15, 0.2) is 6.04 Å². The largest absolute Gasteiger partial charge is 0.287 e. The Kier molecular flexibility index (Phi) is 5.59. The van der Waals surface area contributed by atoms with Crippen molar-refractivity contribution in [1.82, 2.24) is 0 Å². The van der Waals surface area contributed by atoms with Gasteiger partial charge < -0.3 is 0 Å². The Morgan fingerprint density at radius 3 is 2.07 bits per heavy atom. The molecule has 2 unspecified atom stereocenters. The van der Waals surface area contributed by atoms with E-state index in [1.807, 2.05) is 31.2 Å². The average molecular weight is 434 g/mol. The summed E-state index contributed by atoms with van der Waals surface area (Å²) in [5, 5.41) is 17.4. The zero-order valence-corrected chi connectivity index (χ0v) is 17.6. The van der Waals surface area contributed by atoms with Crippen LogP contribution in [0.15, 0.2) is 77.9 Å². The van der Waals surface area contributed by atoms with Crippen LogP contribution in [0, 0.1) is 18.3 Å². The number of hydrogen-bond donors (Lipinski definition) is 0. The van der Waals surface area contributed by atoms with Gasteiger partial charge in [0.2, 0.25) is 5.78 Å². The lowest BCUT2D eigenvalue weighted by Gasteiger charge is -2.22. The van der Waals surface area contributed by atoms with E-state index >= 15 is 0 Å². The third kappa shape index (κ3) is 3.82. The van der Waals surface area contributed by atoms with Crippen LogP contribution in [0.4, 0.5) is 5.69 Å². The van der Waals surface area contributed by atoms with Crippen LogP contribution in [-0.2, 0) is 0 Å². The molecule has 0 radical (unpaired) electrons. The number of ketones is 1. The summed E-state index contributed by atoms with van der Waals surface area (Å²) in [5.74, 6) is -0.719. The molecular weight excluding hydrogens is 417 g/mol. The second kappa shape index (κ2) is 8.31. The van der Waals surface area contributed by atoms with E-state index in [1.165, 1.54) is 0 Å². The number of nitriles is 1. The van der Waals surface area contributed by atoms with Crippen molar-refractivity contribution in [3.8, 4) is 6.07 Å². The summed E-state index contributed by atoms with van der Waals surface area (Å²) in [6.45, 7) is 1.96. The molecule has 0 aromatic heterocycles. The molecule has 0 saturated carbocycles. The fraction of sp³-hybridized carbons (Fsp3) is 0.125. The predicted octanol–water partition coefficient (Wildman–Crippen LogP) is 6.04. The normalized spacial score (nSPS) is 18.1. The van der Waals surface area contributed by atoms with Crippen molar-refractivity contribution in [3.05, 3.63) is 99.5 Å². The third-order valence-corrected chi connectivity index (χ3v) is 5.59. The number of rotatable bonds is 4. The van der Waals surface area contributed by atoms with Crippen LogP contribution in [0.5, 0.6) is 0 Å². The number of carbonyl (C=O) groups excluding carboxylic acids is 1. The Balaban J connectivity index is 1.82. The van der Waals surface area contributed by atoms with E-state index in [-0.39, 0.29) is 5.78 Å². The van der Waals surface area contributed by atoms with E-state index in [1.54, 1.807) is 53.5 Å². The molecule has 4 nitrogen and oxygen atoms in total. The number of benzene rings is 3. The van der Waals surface area contributed by atoms with Crippen molar-refractivity contribution in [2.45, 2.75) is 18.9 Å². The summed E-state index contributed by atoms with van der Waals surface area (Å²) in [4.78, 5) is 13.4. The first-order valence-electron chi connectivity index (χ1n) is 9.37. The topological polar surface area (TPSA) is 56.5 Å². The third-order valence-electron chi connectivity index (χ3n) is 5.09. The van der Waals surface area contributed by atoms with E-state index in [0.29, 0.717) is 27.0 Å². The number of carbonyl (C=O) groups is 1. The number of nitrogens with zero attached hydrogens (tertiary/aromatic N) is 3. The maximum Gasteiger partial charge on any atom is 0.209 e. The summed E-state index contributed by atoms with van der Waals surface area (Å²) in [6, 6.07) is 23.2. The Labute approximate surface area is 185 Å². The van der Waals surface area contributed by atoms with Gasteiger partial charge >= 0.3 is 0 Å². The van der Waals surface area contributed by atoms with Crippen molar-refractivity contribution in [1.29, 1.82) is 5.26 Å². The van der Waals surface area contributed by atoms with Gasteiger partial charge in [-0.3, -0.25) is 4.79 Å². The molecule has 4 rings (SSSR count). The predicted molar refractivity (Wildman–Crippen MR) is 120 cm³/mol. The van der Waals surface area contributed by atoms with Gasteiger partial charge in [-0.25, -0.2) is 5.01 Å². The van der Waals surface area contributed by atoms with Crippen molar-refractivity contribution >= 4 is 40.4 Å². The first-order chi connectivity index (χ1) is 14.5. The number of anilines is 1. The number of hydrogen-bond acceptors (Lipinski definition) is 4. The van der Waals surface area contributed by atoms with Crippen molar-refractivity contribution < 1.29 is 4.79 Å². The molecule has 0 bridgehead atoms. The molecule has 0 aliphatic carbocycles. The van der Waals surface area contributed by atoms with Crippen LogP contribution < -0.4 is 5.01 Å². The molecule has 3 aromatic rings. The summed E-state index contributed by atoms with van der Waals surface area (Å²) in [5.41, 5.74) is 3.42. The molecule has 2 atom stereocenters. The van der Waals surface area contributed by atoms with Crippen LogP contribution in [0.1, 0.15) is 27.4 Å². The van der Waals surface area contributed by atoms with Crippen molar-refractivity contribution in [2.24, 2.45) is 5.10 Å². The molecule has 0 fully saturated rings. The highest BCUT2D eigenvalue weighted by molar-refractivity contribution is 6.48. The van der Waals surface area contributed by atoms with Gasteiger partial charge in [-0.1, -0.05) is 65.2 Å². The first-order valence-corrected chi connectivity index (χ1v) is 10.1. The highest BCUT2D eigenvalue weighted by Gasteiger charge is 2.42. The molecule has 0 N–H and O–H groups in total. The van der Waals surface area contributed by atoms with Crippen LogP contribution in [0.3, 0.4) is 0 Å². The number of hydrazone groups is 1. The number of halogens is 2. The van der Waals surface area contributed by atoms with Crippen LogP contribution in [0.2, 0.25) is 10.0 Å². The van der Waals surface area contributed by atoms with E-state index in [9.17, 15) is 10.1 Å². The second-order valence-corrected chi connectivity index (χ2v) is 7.98. The van der Waals surface area contributed by atoms with E-state index in [2.05, 4.69) is 11.2 Å². The lowest BCUT2D eigenvalue weighted by atomic mass is 9.85. The molecule has 1 aliphatic rings. The second-order valence-electron chi connectivity index (χ2n) is 7.10. The minimum atomic E-state index is -0.684. The van der Waals surface area contributed by atoms with E-state index in [0.717, 1.165) is 11.1 Å². The van der Waals surface area contributed by atoms with E-state index in [4.69, 9.17) is 23.2 Å². The maximum absolute atomic E-state index is 13.4. The minimum absolute atomic E-state index is 0.202. The Morgan fingerprint density at radius 2 is 1.50 bits per heavy atom. The number of Topliss-reactive ketones (excluding diaryl/α,β-unsaturated/α-hetero) is 1. The van der Waals surface area contributed by atoms with Gasteiger partial charge in [-0.15, -0.1) is 0 Å². The molecule has 3 aromatic carbocycles. The van der Waals surface area contributed by atoms with Crippen LogP contribution in [-0.4, -0.2) is 17.5 Å². The molecule has 1 heterocycles. The van der Waals surface area contributed by atoms with Crippen LogP contribution >= 0.6 is 23.2 Å². The monoisotopic (exact) mass is 433 g/mol. The fourth-order valence-electron chi connectivity index (χ4n) is 3.52. The zero-order valence-electron chi connectivity index (χ0n) is 16.1. The van der Waals surface area contributed by atoms with Gasteiger partial charge in [0.05, 0.1) is 17.7 Å². The van der Waals surface area contributed by atoms with Crippen LogP contribution in [0.25, 0.3) is 0 Å². The first kappa shape index (κ1) is 20.2. The SMILES string of the molecule is Cc1ccc(C(=O)C2=NN(c3ccc(Cl)cc3)C(C#N)C2c2ccc(Cl)cc2)cc1. The molecule has 30 heavy (non-hydrogen) atoms. The molecular formula is C24H17Cl2N3O. The molecule has 1 aliphatic heterocycles. The minimum Gasteiger partial charge on any atom is -0.287 e. The average Bonchev–Trinajstić information content (AvgIpc) is 3.14. The summed E-state index contributed by atoms with van der Waals surface area (Å²) < 4.78 is 0. The van der Waals surface area contributed by atoms with Gasteiger partial charge in [0, 0.05) is 15.6 Å². The quantitative estimate of drug-likeness (QED) is 0.471. The van der Waals surface area contributed by atoms with Gasteiger partial charge in [-0.05, 0) is 48.9 Å². The molecule has 148 valence electrons. The maximum atomic E-state index is 13.4.